The van der Waals surface area contributed by atoms with Crippen LogP contribution in [0.25, 0.3) is 0 Å². The first-order valence-corrected chi connectivity index (χ1v) is 6.10. The highest BCUT2D eigenvalue weighted by Crippen LogP contribution is 2.22. The van der Waals surface area contributed by atoms with Crippen LogP contribution in [-0.2, 0) is 0 Å². The van der Waals surface area contributed by atoms with E-state index >= 15 is 0 Å². The number of nitrogens with zero attached hydrogens (tertiary/aromatic N) is 4. The molecule has 0 saturated carbocycles. The van der Waals surface area contributed by atoms with Gasteiger partial charge < -0.3 is 19.9 Å². The maximum absolute atomic E-state index is 10.5. The monoisotopic (exact) mass is 250 g/mol. The van der Waals surface area contributed by atoms with E-state index in [1.165, 1.54) is 6.07 Å². The number of piperidine rings is 1. The minimum Gasteiger partial charge on any atom is -0.368 e. The van der Waals surface area contributed by atoms with E-state index in [-0.39, 0.29) is 5.82 Å². The van der Waals surface area contributed by atoms with Crippen LogP contribution in [0.3, 0.4) is 0 Å². The molecule has 1 fully saturated rings. The van der Waals surface area contributed by atoms with Crippen LogP contribution in [0.5, 0.6) is 0 Å². The Kier molecular flexibility index (Phi) is 3.76. The molecule has 0 bridgehead atoms. The maximum atomic E-state index is 10.5. The number of aromatic nitrogens is 1. The molecular formula is C12H18N4O2. The summed E-state index contributed by atoms with van der Waals surface area (Å²) in [4.78, 5) is 18.4. The van der Waals surface area contributed by atoms with Crippen LogP contribution in [0.4, 0.5) is 11.5 Å². The summed E-state index contributed by atoms with van der Waals surface area (Å²) in [7, 11) is 4.16. The van der Waals surface area contributed by atoms with E-state index in [1.807, 2.05) is 7.05 Å². The van der Waals surface area contributed by atoms with Crippen LogP contribution in [0.1, 0.15) is 12.8 Å². The molecule has 98 valence electrons. The van der Waals surface area contributed by atoms with Gasteiger partial charge in [0.1, 0.15) is 0 Å². The van der Waals surface area contributed by atoms with Crippen molar-refractivity contribution in [3.8, 4) is 0 Å². The van der Waals surface area contributed by atoms with E-state index in [1.54, 1.807) is 12.3 Å². The summed E-state index contributed by atoms with van der Waals surface area (Å²) in [5.74, 6) is -0.101. The molecule has 1 aliphatic rings. The zero-order chi connectivity index (χ0) is 13.1. The highest BCUT2D eigenvalue weighted by molar-refractivity contribution is 5.46. The van der Waals surface area contributed by atoms with Crippen LogP contribution in [0.2, 0.25) is 0 Å². The SMILES string of the molecule is CN1CCC(N(C)c2ccc([N+](=O)[O-])nc2)CC1. The quantitative estimate of drug-likeness (QED) is 0.601. The Labute approximate surface area is 106 Å². The van der Waals surface area contributed by atoms with Crippen molar-refractivity contribution >= 4 is 11.5 Å². The highest BCUT2D eigenvalue weighted by atomic mass is 16.6. The molecule has 1 aromatic rings. The number of hydrogen-bond acceptors (Lipinski definition) is 5. The second-order valence-electron chi connectivity index (χ2n) is 4.78. The second kappa shape index (κ2) is 5.30. The molecule has 0 unspecified atom stereocenters. The summed E-state index contributed by atoms with van der Waals surface area (Å²) in [5.41, 5.74) is 0.940. The van der Waals surface area contributed by atoms with Crippen molar-refractivity contribution in [3.63, 3.8) is 0 Å². The molecule has 0 spiro atoms. The van der Waals surface area contributed by atoms with Gasteiger partial charge >= 0.3 is 5.82 Å². The normalized spacial score (nSPS) is 17.7. The van der Waals surface area contributed by atoms with Crippen LogP contribution < -0.4 is 4.90 Å². The van der Waals surface area contributed by atoms with Gasteiger partial charge in [-0.25, -0.2) is 0 Å². The second-order valence-corrected chi connectivity index (χ2v) is 4.78. The third-order valence-electron chi connectivity index (χ3n) is 3.56. The van der Waals surface area contributed by atoms with Gasteiger partial charge in [-0.2, -0.15) is 0 Å². The van der Waals surface area contributed by atoms with E-state index in [2.05, 4.69) is 21.8 Å². The molecule has 0 aliphatic carbocycles. The van der Waals surface area contributed by atoms with Gasteiger partial charge in [-0.3, -0.25) is 0 Å². The van der Waals surface area contributed by atoms with E-state index in [4.69, 9.17) is 0 Å². The predicted molar refractivity (Wildman–Crippen MR) is 69.8 cm³/mol. The fourth-order valence-electron chi connectivity index (χ4n) is 2.29. The van der Waals surface area contributed by atoms with Crippen LogP contribution >= 0.6 is 0 Å². The molecule has 1 saturated heterocycles. The number of hydrogen-bond donors (Lipinski definition) is 0. The third kappa shape index (κ3) is 2.76. The summed E-state index contributed by atoms with van der Waals surface area (Å²) in [6.07, 6.45) is 3.81. The fraction of sp³-hybridized carbons (Fsp3) is 0.583. The Hall–Kier alpha value is -1.69. The molecule has 18 heavy (non-hydrogen) atoms. The predicted octanol–water partition coefficient (Wildman–Crippen LogP) is 1.52. The average Bonchev–Trinajstić information content (AvgIpc) is 2.39. The molecule has 1 aromatic heterocycles. The van der Waals surface area contributed by atoms with Gasteiger partial charge in [0.2, 0.25) is 0 Å². The van der Waals surface area contributed by atoms with Crippen molar-refractivity contribution in [1.82, 2.24) is 9.88 Å². The number of likely N-dealkylation sites (tertiary alicyclic amines) is 1. The topological polar surface area (TPSA) is 62.5 Å². The Balaban J connectivity index is 2.04. The van der Waals surface area contributed by atoms with Gasteiger partial charge in [0.15, 0.2) is 6.20 Å². The van der Waals surface area contributed by atoms with Crippen molar-refractivity contribution in [2.24, 2.45) is 0 Å². The van der Waals surface area contributed by atoms with Crippen molar-refractivity contribution in [2.45, 2.75) is 18.9 Å². The van der Waals surface area contributed by atoms with Gasteiger partial charge in [0.25, 0.3) is 0 Å². The van der Waals surface area contributed by atoms with E-state index in [0.29, 0.717) is 6.04 Å². The van der Waals surface area contributed by atoms with Crippen molar-refractivity contribution < 1.29 is 4.92 Å². The molecule has 0 atom stereocenters. The highest BCUT2D eigenvalue weighted by Gasteiger charge is 2.21. The summed E-state index contributed by atoms with van der Waals surface area (Å²) < 4.78 is 0. The lowest BCUT2D eigenvalue weighted by Crippen LogP contribution is -2.42. The number of anilines is 1. The number of rotatable bonds is 3. The Morgan fingerprint density at radius 3 is 2.61 bits per heavy atom. The minimum atomic E-state index is -0.473. The molecule has 6 heteroatoms. The first-order valence-electron chi connectivity index (χ1n) is 6.10. The largest absolute Gasteiger partial charge is 0.368 e. The Bertz CT molecular complexity index is 413. The van der Waals surface area contributed by atoms with E-state index in [9.17, 15) is 10.1 Å². The number of pyridine rings is 1. The molecule has 0 aromatic carbocycles. The Morgan fingerprint density at radius 2 is 2.11 bits per heavy atom. The van der Waals surface area contributed by atoms with Crippen molar-refractivity contribution in [1.29, 1.82) is 0 Å². The first kappa shape index (κ1) is 12.8. The standard InChI is InChI=1S/C12H18N4O2/c1-14-7-5-10(6-8-14)15(2)11-3-4-12(13-9-11)16(17)18/h3-4,9-10H,5-8H2,1-2H3. The molecule has 0 amide bonds. The summed E-state index contributed by atoms with van der Waals surface area (Å²) >= 11 is 0. The lowest BCUT2D eigenvalue weighted by atomic mass is 10.0. The van der Waals surface area contributed by atoms with Gasteiger partial charge in [-0.05, 0) is 49.0 Å². The molecule has 6 nitrogen and oxygen atoms in total. The zero-order valence-electron chi connectivity index (χ0n) is 10.7. The molecule has 1 aliphatic heterocycles. The van der Waals surface area contributed by atoms with Crippen LogP contribution in [-0.4, -0.2) is 48.0 Å². The third-order valence-corrected chi connectivity index (χ3v) is 3.56. The van der Waals surface area contributed by atoms with Crippen molar-refractivity contribution in [3.05, 3.63) is 28.4 Å². The number of nitro groups is 1. The lowest BCUT2D eigenvalue weighted by molar-refractivity contribution is -0.389. The van der Waals surface area contributed by atoms with Gasteiger partial charge in [0, 0.05) is 19.2 Å². The van der Waals surface area contributed by atoms with Crippen LogP contribution in [0, 0.1) is 10.1 Å². The van der Waals surface area contributed by atoms with Gasteiger partial charge in [-0.15, -0.1) is 0 Å². The van der Waals surface area contributed by atoms with Gasteiger partial charge in [0.05, 0.1) is 5.69 Å². The summed E-state index contributed by atoms with van der Waals surface area (Å²) in [6, 6.07) is 3.72. The maximum Gasteiger partial charge on any atom is 0.363 e. The Morgan fingerprint density at radius 1 is 1.44 bits per heavy atom. The summed E-state index contributed by atoms with van der Waals surface area (Å²) in [5, 5.41) is 10.5. The van der Waals surface area contributed by atoms with Crippen molar-refractivity contribution in [2.75, 3.05) is 32.1 Å². The summed E-state index contributed by atoms with van der Waals surface area (Å²) in [6.45, 7) is 2.19. The van der Waals surface area contributed by atoms with E-state index in [0.717, 1.165) is 31.6 Å². The fourth-order valence-corrected chi connectivity index (χ4v) is 2.29. The first-order chi connectivity index (χ1) is 8.58. The smallest absolute Gasteiger partial charge is 0.363 e. The molecule has 2 rings (SSSR count). The van der Waals surface area contributed by atoms with E-state index < -0.39 is 4.92 Å². The van der Waals surface area contributed by atoms with Crippen LogP contribution in [0.15, 0.2) is 18.3 Å². The van der Waals surface area contributed by atoms with Gasteiger partial charge in [-0.1, -0.05) is 0 Å². The lowest BCUT2D eigenvalue weighted by Gasteiger charge is -2.35. The molecular weight excluding hydrogens is 232 g/mol. The molecule has 0 N–H and O–H groups in total. The zero-order valence-corrected chi connectivity index (χ0v) is 10.7. The molecule has 2 heterocycles. The average molecular weight is 250 g/mol. The minimum absolute atomic E-state index is 0.101. The molecule has 0 radical (unpaired) electrons.